The minimum atomic E-state index is 1.12. The third-order valence-electron chi connectivity index (χ3n) is 1.86. The van der Waals surface area contributed by atoms with Crippen LogP contribution < -0.4 is 0 Å². The zero-order valence-electron chi connectivity index (χ0n) is 6.58. The molecule has 0 N–H and O–H groups in total. The van der Waals surface area contributed by atoms with E-state index < -0.39 is 0 Å². The normalized spacial score (nSPS) is 15.8. The Morgan fingerprint density at radius 1 is 0.833 bits per heavy atom. The highest BCUT2D eigenvalue weighted by molar-refractivity contribution is 14.1. The van der Waals surface area contributed by atoms with Crippen LogP contribution in [0.4, 0.5) is 0 Å². The molecule has 0 fully saturated rings. The van der Waals surface area contributed by atoms with Gasteiger partial charge in [-0.3, -0.25) is 0 Å². The first kappa shape index (κ1) is 10.4. The van der Waals surface area contributed by atoms with E-state index in [2.05, 4.69) is 64.9 Å². The molecule has 0 spiro atoms. The molecule has 12 heavy (non-hydrogen) atoms. The van der Waals surface area contributed by atoms with E-state index in [1.54, 1.807) is 0 Å². The molecule has 0 saturated carbocycles. The third-order valence-corrected chi connectivity index (χ3v) is 2.40. The maximum Gasteiger partial charge on any atom is 0.0185 e. The van der Waals surface area contributed by atoms with E-state index in [9.17, 15) is 0 Å². The fourth-order valence-electron chi connectivity index (χ4n) is 1.30. The van der Waals surface area contributed by atoms with Crippen LogP contribution in [0.25, 0.3) is 0 Å². The van der Waals surface area contributed by atoms with Crippen LogP contribution in [0, 0.1) is 19.7 Å². The standard InChI is InChI=1S/C10H8I2/c11-7-5-9-3-1-2-4-10(9)6-8-12/h1-4H2. The molecular weight excluding hydrogens is 374 g/mol. The Hall–Kier alpha value is 0.320. The van der Waals surface area contributed by atoms with Crippen LogP contribution in [-0.4, -0.2) is 0 Å². The van der Waals surface area contributed by atoms with E-state index in [0.29, 0.717) is 0 Å². The molecule has 0 amide bonds. The highest BCUT2D eigenvalue weighted by Gasteiger charge is 2.08. The average Bonchev–Trinajstić information content (AvgIpc) is 2.09. The third kappa shape index (κ3) is 2.99. The van der Waals surface area contributed by atoms with Gasteiger partial charge in [0.15, 0.2) is 0 Å². The average molecular weight is 382 g/mol. The maximum absolute atomic E-state index is 3.13. The molecule has 2 heteroatoms. The Labute approximate surface area is 101 Å². The first-order valence-corrected chi connectivity index (χ1v) is 5.99. The molecule has 0 atom stereocenters. The van der Waals surface area contributed by atoms with Crippen molar-refractivity contribution in [1.82, 2.24) is 0 Å². The van der Waals surface area contributed by atoms with Crippen molar-refractivity contribution in [1.29, 1.82) is 0 Å². The van der Waals surface area contributed by atoms with E-state index in [1.165, 1.54) is 24.0 Å². The molecule has 0 saturated heterocycles. The number of rotatable bonds is 0. The summed E-state index contributed by atoms with van der Waals surface area (Å²) in [5, 5.41) is 0. The zero-order chi connectivity index (χ0) is 8.81. The van der Waals surface area contributed by atoms with Crippen molar-refractivity contribution < 1.29 is 0 Å². The van der Waals surface area contributed by atoms with Gasteiger partial charge < -0.3 is 0 Å². The molecule has 0 heterocycles. The van der Waals surface area contributed by atoms with Crippen LogP contribution in [0.2, 0.25) is 0 Å². The molecule has 0 aromatic carbocycles. The molecule has 0 aliphatic heterocycles. The quantitative estimate of drug-likeness (QED) is 0.444. The molecule has 62 valence electrons. The maximum atomic E-state index is 3.13. The Kier molecular flexibility index (Phi) is 5.10. The first-order valence-electron chi connectivity index (χ1n) is 3.84. The van der Waals surface area contributed by atoms with Gasteiger partial charge in [-0.2, -0.15) is 0 Å². The van der Waals surface area contributed by atoms with Gasteiger partial charge in [0.25, 0.3) is 0 Å². The fourth-order valence-corrected chi connectivity index (χ4v) is 1.95. The van der Waals surface area contributed by atoms with Gasteiger partial charge in [0.1, 0.15) is 0 Å². The lowest BCUT2D eigenvalue weighted by atomic mass is 9.93. The van der Waals surface area contributed by atoms with Crippen molar-refractivity contribution in [3.8, 4) is 19.7 Å². The summed E-state index contributed by atoms with van der Waals surface area (Å²) in [7, 11) is 0. The predicted molar refractivity (Wildman–Crippen MR) is 69.1 cm³/mol. The first-order chi connectivity index (χ1) is 5.88. The molecule has 0 bridgehead atoms. The summed E-state index contributed by atoms with van der Waals surface area (Å²) >= 11 is 4.17. The van der Waals surface area contributed by atoms with Gasteiger partial charge in [-0.05, 0) is 33.5 Å². The van der Waals surface area contributed by atoms with Crippen molar-refractivity contribution in [2.24, 2.45) is 0 Å². The van der Waals surface area contributed by atoms with Crippen LogP contribution in [-0.2, 0) is 0 Å². The van der Waals surface area contributed by atoms with Gasteiger partial charge in [0, 0.05) is 56.3 Å². The van der Waals surface area contributed by atoms with Gasteiger partial charge >= 0.3 is 0 Å². The summed E-state index contributed by atoms with van der Waals surface area (Å²) in [5.41, 5.74) is 2.53. The molecule has 0 nitrogen and oxygen atoms in total. The van der Waals surface area contributed by atoms with E-state index in [4.69, 9.17) is 0 Å². The molecule has 0 aromatic rings. The smallest absolute Gasteiger partial charge is 0.0185 e. The minimum Gasteiger partial charge on any atom is -0.0591 e. The summed E-state index contributed by atoms with van der Waals surface area (Å²) in [6, 6.07) is 0. The molecular formula is C10H8I2. The summed E-state index contributed by atoms with van der Waals surface area (Å²) in [5.74, 6) is 6.26. The number of hydrogen-bond donors (Lipinski definition) is 0. The zero-order valence-corrected chi connectivity index (χ0v) is 10.9. The second-order valence-electron chi connectivity index (χ2n) is 2.60. The largest absolute Gasteiger partial charge is 0.0591 e. The lowest BCUT2D eigenvalue weighted by molar-refractivity contribution is 0.700. The van der Waals surface area contributed by atoms with Crippen molar-refractivity contribution in [2.75, 3.05) is 0 Å². The van der Waals surface area contributed by atoms with Crippen molar-refractivity contribution >= 4 is 45.2 Å². The molecule has 0 radical (unpaired) electrons. The lowest BCUT2D eigenvalue weighted by Gasteiger charge is -2.11. The van der Waals surface area contributed by atoms with E-state index in [1.807, 2.05) is 0 Å². The van der Waals surface area contributed by atoms with E-state index >= 15 is 0 Å². The number of hydrogen-bond acceptors (Lipinski definition) is 0. The Morgan fingerprint density at radius 2 is 1.25 bits per heavy atom. The van der Waals surface area contributed by atoms with Crippen molar-refractivity contribution in [3.05, 3.63) is 11.1 Å². The van der Waals surface area contributed by atoms with Crippen LogP contribution in [0.15, 0.2) is 11.1 Å². The lowest BCUT2D eigenvalue weighted by Crippen LogP contribution is -1.96. The summed E-state index contributed by atoms with van der Waals surface area (Å²) in [6.07, 6.45) is 4.79. The highest BCUT2D eigenvalue weighted by atomic mass is 127. The van der Waals surface area contributed by atoms with E-state index in [0.717, 1.165) is 12.8 Å². The topological polar surface area (TPSA) is 0 Å². The second kappa shape index (κ2) is 5.88. The molecule has 0 aromatic heterocycles. The Bertz CT molecular complexity index is 272. The van der Waals surface area contributed by atoms with Crippen LogP contribution in [0.3, 0.4) is 0 Å². The van der Waals surface area contributed by atoms with Gasteiger partial charge in [0.05, 0.1) is 0 Å². The monoisotopic (exact) mass is 382 g/mol. The van der Waals surface area contributed by atoms with Crippen molar-refractivity contribution in [2.45, 2.75) is 25.7 Å². The summed E-state index contributed by atoms with van der Waals surface area (Å²) < 4.78 is 5.84. The highest BCUT2D eigenvalue weighted by Crippen LogP contribution is 2.23. The Morgan fingerprint density at radius 3 is 1.58 bits per heavy atom. The van der Waals surface area contributed by atoms with Crippen LogP contribution in [0.5, 0.6) is 0 Å². The van der Waals surface area contributed by atoms with Crippen LogP contribution >= 0.6 is 45.2 Å². The van der Waals surface area contributed by atoms with Gasteiger partial charge in [-0.1, -0.05) is 11.8 Å². The van der Waals surface area contributed by atoms with Crippen LogP contribution in [0.1, 0.15) is 25.7 Å². The van der Waals surface area contributed by atoms with Gasteiger partial charge in [-0.15, -0.1) is 0 Å². The van der Waals surface area contributed by atoms with Gasteiger partial charge in [-0.25, -0.2) is 0 Å². The Balaban J connectivity index is 2.93. The fraction of sp³-hybridized carbons (Fsp3) is 0.400. The molecule has 1 aliphatic rings. The second-order valence-corrected chi connectivity index (χ2v) is 3.68. The predicted octanol–water partition coefficient (Wildman–Crippen LogP) is 3.65. The van der Waals surface area contributed by atoms with E-state index in [-0.39, 0.29) is 0 Å². The number of halogens is 2. The van der Waals surface area contributed by atoms with Gasteiger partial charge in [0.2, 0.25) is 0 Å². The summed E-state index contributed by atoms with van der Waals surface area (Å²) in [4.78, 5) is 0. The van der Waals surface area contributed by atoms with Crippen molar-refractivity contribution in [3.63, 3.8) is 0 Å². The number of allylic oxidation sites excluding steroid dienone is 2. The molecule has 1 aliphatic carbocycles. The molecule has 0 unspecified atom stereocenters. The summed E-state index contributed by atoms with van der Waals surface area (Å²) in [6.45, 7) is 0. The minimum absolute atomic E-state index is 1.12. The SMILES string of the molecule is IC#CC1=C(C#CI)CCCC1. The molecule has 1 rings (SSSR count).